The van der Waals surface area contributed by atoms with Crippen LogP contribution in [0.15, 0.2) is 24.5 Å². The van der Waals surface area contributed by atoms with Gasteiger partial charge in [0.15, 0.2) is 0 Å². The van der Waals surface area contributed by atoms with Crippen LogP contribution in [0.5, 0.6) is 0 Å². The van der Waals surface area contributed by atoms with Crippen LogP contribution in [-0.2, 0) is 0 Å². The Labute approximate surface area is 105 Å². The van der Waals surface area contributed by atoms with Crippen LogP contribution < -0.4 is 5.32 Å². The fourth-order valence-electron chi connectivity index (χ4n) is 2.89. The molecule has 1 N–H and O–H groups in total. The van der Waals surface area contributed by atoms with E-state index in [1.165, 1.54) is 24.8 Å². The standard InChI is InChI=1S/C15H24N2/c1-11-5-4-6-15(12(11)2)17-13(3)14-7-9-16-10-8-14/h7-13,15,17H,4-6H2,1-3H3. The van der Waals surface area contributed by atoms with Gasteiger partial charge in [-0.3, -0.25) is 4.98 Å². The molecule has 0 bridgehead atoms. The molecule has 4 atom stereocenters. The van der Waals surface area contributed by atoms with Gasteiger partial charge in [-0.15, -0.1) is 0 Å². The maximum absolute atomic E-state index is 4.07. The van der Waals surface area contributed by atoms with Gasteiger partial charge in [-0.2, -0.15) is 0 Å². The van der Waals surface area contributed by atoms with E-state index in [2.05, 4.69) is 43.2 Å². The van der Waals surface area contributed by atoms with E-state index in [1.54, 1.807) is 0 Å². The summed E-state index contributed by atoms with van der Waals surface area (Å²) in [5.41, 5.74) is 1.34. The van der Waals surface area contributed by atoms with Gasteiger partial charge in [0.2, 0.25) is 0 Å². The smallest absolute Gasteiger partial charge is 0.0295 e. The van der Waals surface area contributed by atoms with Crippen molar-refractivity contribution in [1.82, 2.24) is 10.3 Å². The Morgan fingerprint density at radius 1 is 1.24 bits per heavy atom. The van der Waals surface area contributed by atoms with E-state index < -0.39 is 0 Å². The second kappa shape index (κ2) is 5.63. The van der Waals surface area contributed by atoms with E-state index in [-0.39, 0.29) is 0 Å². The first-order chi connectivity index (χ1) is 8.18. The van der Waals surface area contributed by atoms with Gasteiger partial charge < -0.3 is 5.32 Å². The molecular formula is C15H24N2. The van der Waals surface area contributed by atoms with E-state index in [1.807, 2.05) is 12.4 Å². The third-order valence-corrected chi connectivity index (χ3v) is 4.38. The van der Waals surface area contributed by atoms with Crippen molar-refractivity contribution >= 4 is 0 Å². The first-order valence-electron chi connectivity index (χ1n) is 6.84. The van der Waals surface area contributed by atoms with Crippen molar-refractivity contribution in [2.24, 2.45) is 11.8 Å². The lowest BCUT2D eigenvalue weighted by Crippen LogP contribution is -2.41. The lowest BCUT2D eigenvalue weighted by atomic mass is 9.77. The monoisotopic (exact) mass is 232 g/mol. The second-order valence-electron chi connectivity index (χ2n) is 5.54. The van der Waals surface area contributed by atoms with Crippen molar-refractivity contribution in [3.05, 3.63) is 30.1 Å². The zero-order valence-corrected chi connectivity index (χ0v) is 11.2. The molecule has 2 rings (SSSR count). The first kappa shape index (κ1) is 12.6. The average molecular weight is 232 g/mol. The fourth-order valence-corrected chi connectivity index (χ4v) is 2.89. The number of nitrogens with one attached hydrogen (secondary N) is 1. The zero-order valence-electron chi connectivity index (χ0n) is 11.2. The summed E-state index contributed by atoms with van der Waals surface area (Å²) in [4.78, 5) is 4.07. The molecule has 0 amide bonds. The molecule has 0 saturated heterocycles. The predicted octanol–water partition coefficient (Wildman–Crippen LogP) is 3.56. The highest BCUT2D eigenvalue weighted by Gasteiger charge is 2.27. The molecule has 1 saturated carbocycles. The molecule has 0 radical (unpaired) electrons. The molecule has 17 heavy (non-hydrogen) atoms. The van der Waals surface area contributed by atoms with Gasteiger partial charge in [-0.1, -0.05) is 26.7 Å². The molecule has 0 aliphatic heterocycles. The SMILES string of the molecule is CC(NC1CCCC(C)C1C)c1ccncc1. The molecule has 0 aromatic carbocycles. The topological polar surface area (TPSA) is 24.9 Å². The number of hydrogen-bond acceptors (Lipinski definition) is 2. The molecule has 1 aliphatic carbocycles. The van der Waals surface area contributed by atoms with Crippen molar-refractivity contribution in [2.45, 2.75) is 52.1 Å². The number of nitrogens with zero attached hydrogens (tertiary/aromatic N) is 1. The number of pyridine rings is 1. The van der Waals surface area contributed by atoms with Crippen LogP contribution in [0.25, 0.3) is 0 Å². The fraction of sp³-hybridized carbons (Fsp3) is 0.667. The molecule has 0 spiro atoms. The Balaban J connectivity index is 1.96. The zero-order chi connectivity index (χ0) is 12.3. The summed E-state index contributed by atoms with van der Waals surface area (Å²) < 4.78 is 0. The highest BCUT2D eigenvalue weighted by atomic mass is 15.0. The largest absolute Gasteiger partial charge is 0.307 e. The molecule has 2 nitrogen and oxygen atoms in total. The molecule has 4 unspecified atom stereocenters. The summed E-state index contributed by atoms with van der Waals surface area (Å²) in [6.07, 6.45) is 7.83. The maximum Gasteiger partial charge on any atom is 0.0295 e. The Morgan fingerprint density at radius 2 is 1.94 bits per heavy atom. The van der Waals surface area contributed by atoms with Crippen molar-refractivity contribution in [3.8, 4) is 0 Å². The Kier molecular flexibility index (Phi) is 4.16. The predicted molar refractivity (Wildman–Crippen MR) is 71.8 cm³/mol. The summed E-state index contributed by atoms with van der Waals surface area (Å²) in [6, 6.07) is 5.31. The third-order valence-electron chi connectivity index (χ3n) is 4.38. The Morgan fingerprint density at radius 3 is 2.65 bits per heavy atom. The van der Waals surface area contributed by atoms with E-state index in [0.29, 0.717) is 12.1 Å². The number of hydrogen-bond donors (Lipinski definition) is 1. The van der Waals surface area contributed by atoms with Crippen LogP contribution >= 0.6 is 0 Å². The van der Waals surface area contributed by atoms with Crippen LogP contribution in [0, 0.1) is 11.8 Å². The van der Waals surface area contributed by atoms with Crippen LogP contribution in [0.1, 0.15) is 51.6 Å². The molecule has 1 aliphatic rings. The minimum Gasteiger partial charge on any atom is -0.307 e. The van der Waals surface area contributed by atoms with Gasteiger partial charge in [0, 0.05) is 24.5 Å². The molecule has 1 heterocycles. The second-order valence-corrected chi connectivity index (χ2v) is 5.54. The molecule has 1 fully saturated rings. The van der Waals surface area contributed by atoms with Gasteiger partial charge in [0.05, 0.1) is 0 Å². The van der Waals surface area contributed by atoms with Gasteiger partial charge in [-0.05, 0) is 42.9 Å². The average Bonchev–Trinajstić information content (AvgIpc) is 2.36. The summed E-state index contributed by atoms with van der Waals surface area (Å²) >= 11 is 0. The van der Waals surface area contributed by atoms with Gasteiger partial charge >= 0.3 is 0 Å². The lowest BCUT2D eigenvalue weighted by molar-refractivity contribution is 0.196. The molecule has 1 aromatic heterocycles. The molecule has 94 valence electrons. The highest BCUT2D eigenvalue weighted by Crippen LogP contribution is 2.30. The summed E-state index contributed by atoms with van der Waals surface area (Å²) in [5.74, 6) is 1.64. The quantitative estimate of drug-likeness (QED) is 0.862. The summed E-state index contributed by atoms with van der Waals surface area (Å²) in [6.45, 7) is 7.03. The first-order valence-corrected chi connectivity index (χ1v) is 6.84. The summed E-state index contributed by atoms with van der Waals surface area (Å²) in [7, 11) is 0. The maximum atomic E-state index is 4.07. The van der Waals surface area contributed by atoms with Crippen molar-refractivity contribution in [1.29, 1.82) is 0 Å². The Hall–Kier alpha value is -0.890. The third kappa shape index (κ3) is 3.06. The van der Waals surface area contributed by atoms with Gasteiger partial charge in [0.1, 0.15) is 0 Å². The normalized spacial score (nSPS) is 31.1. The molecular weight excluding hydrogens is 208 g/mol. The molecule has 2 heteroatoms. The van der Waals surface area contributed by atoms with Crippen LogP contribution in [0.4, 0.5) is 0 Å². The lowest BCUT2D eigenvalue weighted by Gasteiger charge is -2.36. The van der Waals surface area contributed by atoms with E-state index in [9.17, 15) is 0 Å². The van der Waals surface area contributed by atoms with Crippen molar-refractivity contribution < 1.29 is 0 Å². The van der Waals surface area contributed by atoms with Gasteiger partial charge in [-0.25, -0.2) is 0 Å². The van der Waals surface area contributed by atoms with Crippen molar-refractivity contribution in [2.75, 3.05) is 0 Å². The number of aromatic nitrogens is 1. The number of rotatable bonds is 3. The minimum absolute atomic E-state index is 0.427. The van der Waals surface area contributed by atoms with Crippen molar-refractivity contribution in [3.63, 3.8) is 0 Å². The van der Waals surface area contributed by atoms with E-state index in [0.717, 1.165) is 11.8 Å². The Bertz CT molecular complexity index is 336. The van der Waals surface area contributed by atoms with Crippen LogP contribution in [-0.4, -0.2) is 11.0 Å². The van der Waals surface area contributed by atoms with Crippen LogP contribution in [0.2, 0.25) is 0 Å². The van der Waals surface area contributed by atoms with E-state index >= 15 is 0 Å². The minimum atomic E-state index is 0.427. The molecule has 1 aromatic rings. The van der Waals surface area contributed by atoms with E-state index in [4.69, 9.17) is 0 Å². The highest BCUT2D eigenvalue weighted by molar-refractivity contribution is 5.14. The summed E-state index contributed by atoms with van der Waals surface area (Å²) in [5, 5.41) is 3.79. The van der Waals surface area contributed by atoms with Gasteiger partial charge in [0.25, 0.3) is 0 Å². The van der Waals surface area contributed by atoms with Crippen LogP contribution in [0.3, 0.4) is 0 Å².